The number of nitrogens with one attached hydrogen (secondary N) is 1. The lowest BCUT2D eigenvalue weighted by atomic mass is 10.5. The lowest BCUT2D eigenvalue weighted by Gasteiger charge is -2.07. The molecule has 0 aliphatic carbocycles. The van der Waals surface area contributed by atoms with E-state index in [9.17, 15) is 13.2 Å². The Hall–Kier alpha value is -1.55. The monoisotopic (exact) mass is 308 g/mol. The molecule has 0 aliphatic heterocycles. The second-order valence-corrected chi connectivity index (χ2v) is 4.75. The largest absolute Gasteiger partial charge is 0.408 e. The van der Waals surface area contributed by atoms with E-state index in [0.29, 0.717) is 23.9 Å². The topological polar surface area (TPSA) is 102 Å². The van der Waals surface area contributed by atoms with Crippen LogP contribution in [0.5, 0.6) is 0 Å². The number of aliphatic imine (C=N–C) groups is 1. The molecule has 5 N–H and O–H groups in total. The predicted octanol–water partition coefficient (Wildman–Crippen LogP) is 0.957. The van der Waals surface area contributed by atoms with Crippen LogP contribution in [-0.4, -0.2) is 40.9 Å². The molecule has 1 aromatic heterocycles. The van der Waals surface area contributed by atoms with Crippen molar-refractivity contribution in [1.82, 2.24) is 9.97 Å². The summed E-state index contributed by atoms with van der Waals surface area (Å²) in [6.07, 6.45) is -2.90. The summed E-state index contributed by atoms with van der Waals surface area (Å²) < 4.78 is 35.9. The van der Waals surface area contributed by atoms with Crippen molar-refractivity contribution in [3.05, 3.63) is 18.1 Å². The SMILES string of the molecule is NCCSCc1nccc(NC(N)=NCC(F)(F)F)n1. The normalized spacial score (nSPS) is 12.5. The van der Waals surface area contributed by atoms with Crippen LogP contribution in [0.2, 0.25) is 0 Å². The molecular formula is C10H15F3N6S. The van der Waals surface area contributed by atoms with Crippen LogP contribution >= 0.6 is 11.8 Å². The molecule has 1 rings (SSSR count). The maximum Gasteiger partial charge on any atom is 0.408 e. The predicted molar refractivity (Wildman–Crippen MR) is 73.4 cm³/mol. The molecule has 1 aromatic rings. The summed E-state index contributed by atoms with van der Waals surface area (Å²) in [5.74, 6) is 1.83. The van der Waals surface area contributed by atoms with Crippen LogP contribution in [0.3, 0.4) is 0 Å². The van der Waals surface area contributed by atoms with Gasteiger partial charge < -0.3 is 16.8 Å². The number of aromatic nitrogens is 2. The summed E-state index contributed by atoms with van der Waals surface area (Å²) in [7, 11) is 0. The standard InChI is InChI=1S/C10H15F3N6S/c11-10(12,13)6-17-9(15)19-7-1-3-16-8(18-7)5-20-4-2-14/h1,3H,2,4-6,14H2,(H3,15,16,17,18,19). The Morgan fingerprint density at radius 1 is 1.45 bits per heavy atom. The Balaban J connectivity index is 2.57. The molecule has 0 aromatic carbocycles. The molecule has 0 atom stereocenters. The van der Waals surface area contributed by atoms with Crippen LogP contribution in [0.1, 0.15) is 5.82 Å². The number of halogens is 3. The van der Waals surface area contributed by atoms with Crippen molar-refractivity contribution in [3.8, 4) is 0 Å². The van der Waals surface area contributed by atoms with E-state index in [0.717, 1.165) is 5.75 Å². The van der Waals surface area contributed by atoms with Crippen LogP contribution in [-0.2, 0) is 5.75 Å². The summed E-state index contributed by atoms with van der Waals surface area (Å²) in [4.78, 5) is 11.3. The molecule has 112 valence electrons. The van der Waals surface area contributed by atoms with E-state index in [1.165, 1.54) is 12.3 Å². The summed E-state index contributed by atoms with van der Waals surface area (Å²) >= 11 is 1.56. The van der Waals surface area contributed by atoms with Gasteiger partial charge in [-0.15, -0.1) is 0 Å². The maximum absolute atomic E-state index is 12.0. The highest BCUT2D eigenvalue weighted by Crippen LogP contribution is 2.14. The second-order valence-electron chi connectivity index (χ2n) is 3.64. The van der Waals surface area contributed by atoms with E-state index in [2.05, 4.69) is 20.3 Å². The molecule has 1 heterocycles. The number of nitrogens with zero attached hydrogens (tertiary/aromatic N) is 3. The van der Waals surface area contributed by atoms with Crippen LogP contribution in [0, 0.1) is 0 Å². The number of nitrogens with two attached hydrogens (primary N) is 2. The molecular weight excluding hydrogens is 293 g/mol. The van der Waals surface area contributed by atoms with E-state index < -0.39 is 12.7 Å². The molecule has 0 aliphatic rings. The fraction of sp³-hybridized carbons (Fsp3) is 0.500. The van der Waals surface area contributed by atoms with Gasteiger partial charge in [-0.3, -0.25) is 0 Å². The van der Waals surface area contributed by atoms with Gasteiger partial charge in [0.25, 0.3) is 0 Å². The first kappa shape index (κ1) is 16.5. The van der Waals surface area contributed by atoms with E-state index in [1.807, 2.05) is 0 Å². The highest BCUT2D eigenvalue weighted by molar-refractivity contribution is 7.98. The molecule has 0 unspecified atom stereocenters. The third-order valence-corrected chi connectivity index (χ3v) is 2.87. The minimum absolute atomic E-state index is 0.298. The van der Waals surface area contributed by atoms with Gasteiger partial charge in [0.05, 0.1) is 5.75 Å². The zero-order valence-electron chi connectivity index (χ0n) is 10.5. The molecule has 0 bridgehead atoms. The highest BCUT2D eigenvalue weighted by Gasteiger charge is 2.26. The van der Waals surface area contributed by atoms with Gasteiger partial charge in [0.1, 0.15) is 18.2 Å². The van der Waals surface area contributed by atoms with Crippen molar-refractivity contribution in [3.63, 3.8) is 0 Å². The second kappa shape index (κ2) is 7.90. The zero-order chi connectivity index (χ0) is 15.0. The van der Waals surface area contributed by atoms with Crippen molar-refractivity contribution >= 4 is 23.5 Å². The van der Waals surface area contributed by atoms with Crippen molar-refractivity contribution in [1.29, 1.82) is 0 Å². The average molecular weight is 308 g/mol. The van der Waals surface area contributed by atoms with Gasteiger partial charge in [0, 0.05) is 18.5 Å². The van der Waals surface area contributed by atoms with Gasteiger partial charge in [0.2, 0.25) is 0 Å². The third kappa shape index (κ3) is 7.14. The van der Waals surface area contributed by atoms with Crippen LogP contribution in [0.25, 0.3) is 0 Å². The fourth-order valence-electron chi connectivity index (χ4n) is 1.13. The summed E-state index contributed by atoms with van der Waals surface area (Å²) in [5.41, 5.74) is 10.7. The summed E-state index contributed by atoms with van der Waals surface area (Å²) in [5, 5.41) is 2.49. The first-order valence-corrected chi connectivity index (χ1v) is 6.79. The van der Waals surface area contributed by atoms with Crippen molar-refractivity contribution in [2.24, 2.45) is 16.5 Å². The number of hydrogen-bond acceptors (Lipinski definition) is 5. The molecule has 0 radical (unpaired) electrons. The van der Waals surface area contributed by atoms with E-state index in [4.69, 9.17) is 11.5 Å². The van der Waals surface area contributed by atoms with Gasteiger partial charge in [-0.1, -0.05) is 0 Å². The first-order chi connectivity index (χ1) is 9.40. The molecule has 20 heavy (non-hydrogen) atoms. The van der Waals surface area contributed by atoms with Crippen molar-refractivity contribution in [2.45, 2.75) is 11.9 Å². The van der Waals surface area contributed by atoms with Gasteiger partial charge in [-0.25, -0.2) is 15.0 Å². The Bertz CT molecular complexity index is 451. The average Bonchev–Trinajstić information content (AvgIpc) is 2.36. The van der Waals surface area contributed by atoms with Crippen LogP contribution in [0.15, 0.2) is 17.3 Å². The fourth-order valence-corrected chi connectivity index (χ4v) is 1.76. The van der Waals surface area contributed by atoms with E-state index >= 15 is 0 Å². The molecule has 6 nitrogen and oxygen atoms in total. The first-order valence-electron chi connectivity index (χ1n) is 5.64. The molecule has 0 saturated carbocycles. The lowest BCUT2D eigenvalue weighted by Crippen LogP contribution is -2.26. The molecule has 0 spiro atoms. The Morgan fingerprint density at radius 3 is 2.85 bits per heavy atom. The van der Waals surface area contributed by atoms with Crippen molar-refractivity contribution in [2.75, 3.05) is 24.2 Å². The minimum atomic E-state index is -4.39. The number of hydrogen-bond donors (Lipinski definition) is 3. The van der Waals surface area contributed by atoms with Gasteiger partial charge in [-0.2, -0.15) is 24.9 Å². The van der Waals surface area contributed by atoms with Gasteiger partial charge in [-0.05, 0) is 6.07 Å². The molecule has 0 amide bonds. The Labute approximate surface area is 118 Å². The maximum atomic E-state index is 12.0. The van der Waals surface area contributed by atoms with Gasteiger partial charge >= 0.3 is 6.18 Å². The van der Waals surface area contributed by atoms with Crippen LogP contribution in [0.4, 0.5) is 19.0 Å². The molecule has 0 fully saturated rings. The van der Waals surface area contributed by atoms with E-state index in [-0.39, 0.29) is 5.96 Å². The number of rotatable bonds is 6. The van der Waals surface area contributed by atoms with Gasteiger partial charge in [0.15, 0.2) is 5.96 Å². The number of anilines is 1. The number of thioether (sulfide) groups is 1. The zero-order valence-corrected chi connectivity index (χ0v) is 11.3. The Morgan fingerprint density at radius 2 is 2.20 bits per heavy atom. The number of guanidine groups is 1. The van der Waals surface area contributed by atoms with Crippen LogP contribution < -0.4 is 16.8 Å². The number of alkyl halides is 3. The third-order valence-electron chi connectivity index (χ3n) is 1.88. The Kier molecular flexibility index (Phi) is 6.52. The quantitative estimate of drug-likeness (QED) is 0.411. The minimum Gasteiger partial charge on any atom is -0.370 e. The summed E-state index contributed by atoms with van der Waals surface area (Å²) in [6.45, 7) is -0.782. The van der Waals surface area contributed by atoms with Crippen molar-refractivity contribution < 1.29 is 13.2 Å². The summed E-state index contributed by atoms with van der Waals surface area (Å²) in [6, 6.07) is 1.49. The smallest absolute Gasteiger partial charge is 0.370 e. The molecule has 10 heteroatoms. The highest BCUT2D eigenvalue weighted by atomic mass is 32.2. The molecule has 0 saturated heterocycles. The van der Waals surface area contributed by atoms with E-state index in [1.54, 1.807) is 11.8 Å². The lowest BCUT2D eigenvalue weighted by molar-refractivity contribution is -0.118.